The molecule has 0 bridgehead atoms. The van der Waals surface area contributed by atoms with Gasteiger partial charge >= 0.3 is 11.5 Å². The summed E-state index contributed by atoms with van der Waals surface area (Å²) in [5.74, 6) is 0.937. The molecule has 0 radical (unpaired) electrons. The molecule has 0 spiro atoms. The second kappa shape index (κ2) is 20.3. The Morgan fingerprint density at radius 2 is 1.45 bits per heavy atom. The summed E-state index contributed by atoms with van der Waals surface area (Å²) in [6.07, 6.45) is -0.973. The van der Waals surface area contributed by atoms with E-state index in [0.29, 0.717) is 39.6 Å². The number of thioether (sulfide) groups is 2. The van der Waals surface area contributed by atoms with E-state index < -0.39 is 12.2 Å². The van der Waals surface area contributed by atoms with Gasteiger partial charge in [0.1, 0.15) is 12.4 Å². The first-order valence-electron chi connectivity index (χ1n) is 19.3. The van der Waals surface area contributed by atoms with Crippen LogP contribution in [0.1, 0.15) is 33.3 Å². The zero-order chi connectivity index (χ0) is 42.6. The number of rotatable bonds is 19. The van der Waals surface area contributed by atoms with Gasteiger partial charge in [0, 0.05) is 48.5 Å². The molecule has 0 atom stereocenters. The lowest BCUT2D eigenvalue weighted by atomic mass is 10.1. The fourth-order valence-corrected chi connectivity index (χ4v) is 7.86. The number of anilines is 3. The molecule has 2 N–H and O–H groups in total. The number of nitrogens with zero attached hydrogens (tertiary/aromatic N) is 9. The smallest absolute Gasteiger partial charge is 0.388 e. The number of halogens is 3. The van der Waals surface area contributed by atoms with Crippen molar-refractivity contribution >= 4 is 52.5 Å². The van der Waals surface area contributed by atoms with Crippen LogP contribution in [-0.2, 0) is 35.6 Å². The maximum absolute atomic E-state index is 13.1. The number of carbonyl (C=O) groups is 2. The van der Waals surface area contributed by atoms with Gasteiger partial charge in [-0.05, 0) is 87.0 Å². The van der Waals surface area contributed by atoms with E-state index in [1.807, 2.05) is 77.0 Å². The van der Waals surface area contributed by atoms with E-state index in [-0.39, 0.29) is 36.4 Å². The number of ether oxygens (including phenoxy) is 1. The molecule has 0 aliphatic heterocycles. The molecule has 2 aromatic carbocycles. The SMILES string of the molecule is CCc1ccc(NC(=O)CSc2nn(CCn3c(SCC(=O)Nc4ccccc4)nnc3-c3ccc(OC(F)(F)F)nc3)c(-c3ccc(N(CC)CC)nc3)[n+]2CC)cc1. The van der Waals surface area contributed by atoms with E-state index in [2.05, 4.69) is 56.2 Å². The summed E-state index contributed by atoms with van der Waals surface area (Å²) in [4.78, 5) is 36.9. The minimum Gasteiger partial charge on any atom is -0.388 e. The Balaban J connectivity index is 1.31. The summed E-state index contributed by atoms with van der Waals surface area (Å²) >= 11 is 2.46. The van der Waals surface area contributed by atoms with E-state index in [9.17, 15) is 22.8 Å². The molecule has 0 aliphatic carbocycles. The van der Waals surface area contributed by atoms with Crippen LogP contribution in [0.2, 0.25) is 0 Å². The van der Waals surface area contributed by atoms with Gasteiger partial charge in [-0.15, -0.1) is 28.1 Å². The van der Waals surface area contributed by atoms with Crippen molar-refractivity contribution < 1.29 is 32.1 Å². The van der Waals surface area contributed by atoms with Crippen molar-refractivity contribution in [3.8, 4) is 28.7 Å². The van der Waals surface area contributed by atoms with Crippen molar-refractivity contribution in [1.82, 2.24) is 34.5 Å². The normalized spacial score (nSPS) is 11.4. The van der Waals surface area contributed by atoms with Crippen molar-refractivity contribution in [2.75, 3.05) is 40.1 Å². The number of hydrogen-bond acceptors (Lipinski definition) is 11. The fourth-order valence-electron chi connectivity index (χ4n) is 6.24. The van der Waals surface area contributed by atoms with Crippen molar-refractivity contribution in [3.63, 3.8) is 0 Å². The Bertz CT molecular complexity index is 2340. The predicted octanol–water partition coefficient (Wildman–Crippen LogP) is 7.38. The summed E-state index contributed by atoms with van der Waals surface area (Å²) in [7, 11) is 0. The maximum atomic E-state index is 13.1. The number of hydrogen-bond donors (Lipinski definition) is 2. The Hall–Kier alpha value is -5.95. The quantitative estimate of drug-likeness (QED) is 0.0621. The van der Waals surface area contributed by atoms with Crippen LogP contribution >= 0.6 is 23.5 Å². The predicted molar refractivity (Wildman–Crippen MR) is 226 cm³/mol. The number of aromatic nitrogens is 8. The molecule has 19 heteroatoms. The minimum atomic E-state index is -4.90. The largest absolute Gasteiger partial charge is 0.574 e. The average molecular weight is 861 g/mol. The summed E-state index contributed by atoms with van der Waals surface area (Å²) in [6, 6.07) is 23.3. The van der Waals surface area contributed by atoms with E-state index in [1.165, 1.54) is 29.6 Å². The molecule has 14 nitrogen and oxygen atoms in total. The highest BCUT2D eigenvalue weighted by Crippen LogP contribution is 2.28. The van der Waals surface area contributed by atoms with Gasteiger partial charge in [-0.1, -0.05) is 49.0 Å². The van der Waals surface area contributed by atoms with Crippen LogP contribution in [0.3, 0.4) is 0 Å². The second-order valence-electron chi connectivity index (χ2n) is 13.1. The van der Waals surface area contributed by atoms with E-state index >= 15 is 0 Å². The Morgan fingerprint density at radius 1 is 0.783 bits per heavy atom. The van der Waals surface area contributed by atoms with Crippen LogP contribution in [-0.4, -0.2) is 77.3 Å². The van der Waals surface area contributed by atoms with Crippen LogP contribution in [0.5, 0.6) is 5.88 Å². The Labute approximate surface area is 354 Å². The molecule has 0 saturated heterocycles. The van der Waals surface area contributed by atoms with Crippen LogP contribution in [0.25, 0.3) is 22.8 Å². The lowest BCUT2D eigenvalue weighted by Crippen LogP contribution is -2.36. The van der Waals surface area contributed by atoms with E-state index in [4.69, 9.17) is 10.1 Å². The van der Waals surface area contributed by atoms with Crippen LogP contribution < -0.4 is 24.8 Å². The average Bonchev–Trinajstić information content (AvgIpc) is 3.82. The number of pyridine rings is 2. The zero-order valence-corrected chi connectivity index (χ0v) is 35.2. The second-order valence-corrected chi connectivity index (χ2v) is 15.0. The highest BCUT2D eigenvalue weighted by molar-refractivity contribution is 8.00. The molecule has 4 aromatic heterocycles. The highest BCUT2D eigenvalue weighted by atomic mass is 32.2. The molecule has 60 heavy (non-hydrogen) atoms. The number of benzene rings is 2. The lowest BCUT2D eigenvalue weighted by Gasteiger charge is -2.19. The van der Waals surface area contributed by atoms with Gasteiger partial charge in [0.2, 0.25) is 17.7 Å². The molecule has 0 aliphatic rings. The number of para-hydroxylation sites is 1. The molecule has 314 valence electrons. The van der Waals surface area contributed by atoms with Crippen molar-refractivity contribution in [1.29, 1.82) is 0 Å². The van der Waals surface area contributed by atoms with Gasteiger partial charge < -0.3 is 20.3 Å². The molecule has 0 saturated carbocycles. The molecule has 4 heterocycles. The Kier molecular flexibility index (Phi) is 14.8. The summed E-state index contributed by atoms with van der Waals surface area (Å²) < 4.78 is 48.4. The summed E-state index contributed by atoms with van der Waals surface area (Å²) in [5, 5.41) is 20.6. The fraction of sp³-hybridized carbons (Fsp3) is 0.317. The van der Waals surface area contributed by atoms with Crippen molar-refractivity contribution in [2.45, 2.75) is 70.4 Å². The van der Waals surface area contributed by atoms with Gasteiger partial charge in [-0.2, -0.15) is 0 Å². The summed E-state index contributed by atoms with van der Waals surface area (Å²) in [6.45, 7) is 10.8. The lowest BCUT2D eigenvalue weighted by molar-refractivity contribution is -0.719. The van der Waals surface area contributed by atoms with Crippen LogP contribution in [0, 0.1) is 0 Å². The third-order valence-electron chi connectivity index (χ3n) is 9.18. The van der Waals surface area contributed by atoms with Gasteiger partial charge in [0.15, 0.2) is 11.0 Å². The van der Waals surface area contributed by atoms with Crippen LogP contribution in [0.4, 0.5) is 30.4 Å². The van der Waals surface area contributed by atoms with Gasteiger partial charge in [0.05, 0.1) is 35.3 Å². The first-order chi connectivity index (χ1) is 29.0. The minimum absolute atomic E-state index is 0.00263. The highest BCUT2D eigenvalue weighted by Gasteiger charge is 2.32. The van der Waals surface area contributed by atoms with E-state index in [1.54, 1.807) is 16.7 Å². The van der Waals surface area contributed by atoms with Gasteiger partial charge in [0.25, 0.3) is 5.82 Å². The number of amides is 2. The molecule has 0 fully saturated rings. The first-order valence-corrected chi connectivity index (χ1v) is 21.3. The van der Waals surface area contributed by atoms with Crippen LogP contribution in [0.15, 0.2) is 102 Å². The molecule has 6 rings (SSSR count). The van der Waals surface area contributed by atoms with Crippen molar-refractivity contribution in [3.05, 3.63) is 96.8 Å². The van der Waals surface area contributed by atoms with Gasteiger partial charge in [-0.25, -0.2) is 14.5 Å². The Morgan fingerprint density at radius 3 is 2.05 bits per heavy atom. The number of alkyl halides is 3. The third kappa shape index (κ3) is 11.4. The first kappa shape index (κ1) is 43.6. The molecule has 0 unspecified atom stereocenters. The number of carbonyl (C=O) groups excluding carboxylic acids is 2. The van der Waals surface area contributed by atoms with Crippen molar-refractivity contribution in [2.24, 2.45) is 0 Å². The molecular weight excluding hydrogens is 816 g/mol. The third-order valence-corrected chi connectivity index (χ3v) is 11.1. The number of nitrogens with one attached hydrogen (secondary N) is 2. The standard InChI is InChI=1S/C41H44F3N11O3S2/c1-5-28-14-18-32(19-15-28)48-35(57)27-60-40-51-55(38(53(40)8-4)30-16-20-33(45-25-30)52(6-2)7-3)23-22-54-37(29-17-21-36(46-24-29)58-41(42,43)44)49-50-39(54)59-26-34(56)47-31-12-10-9-11-13-31/h9-21,24-25H,5-8,22-23,26-27H2,1-4H3,(H-,47,48,56,57)/p+1. The monoisotopic (exact) mass is 860 g/mol. The maximum Gasteiger partial charge on any atom is 0.574 e. The van der Waals surface area contributed by atoms with E-state index in [0.717, 1.165) is 54.5 Å². The topological polar surface area (TPSA) is 149 Å². The summed E-state index contributed by atoms with van der Waals surface area (Å²) in [5.41, 5.74) is 3.70. The molecule has 6 aromatic rings. The molecule has 2 amide bonds. The van der Waals surface area contributed by atoms with Gasteiger partial charge in [-0.3, -0.25) is 14.2 Å². The number of aryl methyl sites for hydroxylation is 2. The molecular formula is C41H45F3N11O3S2+. The zero-order valence-electron chi connectivity index (χ0n) is 33.5.